The Morgan fingerprint density at radius 2 is 1.59 bits per heavy atom. The summed E-state index contributed by atoms with van der Waals surface area (Å²) in [7, 11) is 0. The van der Waals surface area contributed by atoms with Crippen molar-refractivity contribution < 1.29 is 14.3 Å². The van der Waals surface area contributed by atoms with Crippen LogP contribution >= 0.6 is 0 Å². The quantitative estimate of drug-likeness (QED) is 0.603. The fourth-order valence-electron chi connectivity index (χ4n) is 2.76. The predicted octanol–water partition coefficient (Wildman–Crippen LogP) is 3.68. The Morgan fingerprint density at radius 3 is 2.22 bits per heavy atom. The van der Waals surface area contributed by atoms with E-state index in [9.17, 15) is 9.59 Å². The Morgan fingerprint density at radius 1 is 0.926 bits per heavy atom. The van der Waals surface area contributed by atoms with Gasteiger partial charge in [-0.1, -0.05) is 30.3 Å². The molecule has 0 aliphatic heterocycles. The Kier molecular flexibility index (Phi) is 6.05. The molecule has 1 heterocycles. The van der Waals surface area contributed by atoms with Crippen LogP contribution in [0.2, 0.25) is 0 Å². The number of nitrogens with zero attached hydrogens (tertiary/aromatic N) is 2. The second kappa shape index (κ2) is 8.85. The summed E-state index contributed by atoms with van der Waals surface area (Å²) in [6, 6.07) is 20.7. The van der Waals surface area contributed by atoms with E-state index in [1.165, 1.54) is 0 Å². The maximum absolute atomic E-state index is 12.4. The molecule has 0 aliphatic carbocycles. The van der Waals surface area contributed by atoms with Crippen LogP contribution in [0.25, 0.3) is 5.69 Å². The lowest BCUT2D eigenvalue weighted by atomic mass is 10.2. The summed E-state index contributed by atoms with van der Waals surface area (Å²) in [5.74, 6) is -0.711. The highest BCUT2D eigenvalue weighted by Crippen LogP contribution is 2.11. The van der Waals surface area contributed by atoms with E-state index in [1.54, 1.807) is 17.0 Å². The molecule has 1 aromatic heterocycles. The number of esters is 1. The monoisotopic (exact) mass is 362 g/mol. The van der Waals surface area contributed by atoms with Crippen molar-refractivity contribution in [3.63, 3.8) is 0 Å². The predicted molar refractivity (Wildman–Crippen MR) is 104 cm³/mol. The van der Waals surface area contributed by atoms with Gasteiger partial charge in [-0.2, -0.15) is 0 Å². The maximum atomic E-state index is 12.4. The van der Waals surface area contributed by atoms with Gasteiger partial charge in [0.1, 0.15) is 0 Å². The third-order valence-electron chi connectivity index (χ3n) is 4.28. The molecule has 0 saturated heterocycles. The first-order valence-corrected chi connectivity index (χ1v) is 8.89. The number of ether oxygens (including phenoxy) is 1. The molecule has 0 unspecified atom stereocenters. The molecule has 0 atom stereocenters. The molecule has 0 fully saturated rings. The van der Waals surface area contributed by atoms with Crippen LogP contribution in [0.4, 0.5) is 0 Å². The number of hydrogen-bond acceptors (Lipinski definition) is 3. The first-order chi connectivity index (χ1) is 13.2. The zero-order valence-corrected chi connectivity index (χ0v) is 15.2. The molecule has 5 heteroatoms. The summed E-state index contributed by atoms with van der Waals surface area (Å²) in [5.41, 5.74) is 2.41. The lowest BCUT2D eigenvalue weighted by molar-refractivity contribution is -0.134. The van der Waals surface area contributed by atoms with E-state index in [4.69, 9.17) is 4.74 Å². The molecule has 3 aromatic rings. The van der Waals surface area contributed by atoms with Gasteiger partial charge in [-0.3, -0.25) is 4.79 Å². The van der Waals surface area contributed by atoms with Crippen molar-refractivity contribution in [3.05, 3.63) is 90.3 Å². The summed E-state index contributed by atoms with van der Waals surface area (Å²) in [5, 5.41) is 0. The molecule has 138 valence electrons. The minimum absolute atomic E-state index is 0.210. The molecule has 0 bridgehead atoms. The van der Waals surface area contributed by atoms with Crippen LogP contribution in [0.3, 0.4) is 0 Å². The van der Waals surface area contributed by atoms with E-state index in [1.807, 2.05) is 78.5 Å². The van der Waals surface area contributed by atoms with Crippen LogP contribution in [-0.4, -0.2) is 34.5 Å². The van der Waals surface area contributed by atoms with Crippen LogP contribution in [0.1, 0.15) is 22.8 Å². The zero-order chi connectivity index (χ0) is 19.1. The minimum Gasteiger partial charge on any atom is -0.452 e. The van der Waals surface area contributed by atoms with Gasteiger partial charge < -0.3 is 14.2 Å². The molecule has 3 rings (SSSR count). The highest BCUT2D eigenvalue weighted by molar-refractivity contribution is 5.91. The molecule has 2 aromatic carbocycles. The van der Waals surface area contributed by atoms with E-state index >= 15 is 0 Å². The normalized spacial score (nSPS) is 10.4. The maximum Gasteiger partial charge on any atom is 0.338 e. The molecule has 0 saturated carbocycles. The van der Waals surface area contributed by atoms with Crippen LogP contribution in [0.5, 0.6) is 0 Å². The van der Waals surface area contributed by atoms with Gasteiger partial charge in [0.25, 0.3) is 5.91 Å². The summed E-state index contributed by atoms with van der Waals surface area (Å²) in [6.07, 6.45) is 3.86. The number of aromatic nitrogens is 1. The molecule has 0 aliphatic rings. The third-order valence-corrected chi connectivity index (χ3v) is 4.28. The van der Waals surface area contributed by atoms with Crippen molar-refractivity contribution >= 4 is 11.9 Å². The number of likely N-dealkylation sites (N-methyl/N-ethyl adjacent to an activating group) is 1. The van der Waals surface area contributed by atoms with Crippen molar-refractivity contribution in [2.24, 2.45) is 0 Å². The van der Waals surface area contributed by atoms with Gasteiger partial charge in [-0.15, -0.1) is 0 Å². The molecule has 5 nitrogen and oxygen atoms in total. The lowest BCUT2D eigenvalue weighted by Gasteiger charge is -2.20. The van der Waals surface area contributed by atoms with Crippen molar-refractivity contribution in [1.29, 1.82) is 0 Å². The largest absolute Gasteiger partial charge is 0.452 e. The van der Waals surface area contributed by atoms with E-state index in [-0.39, 0.29) is 12.5 Å². The standard InChI is InChI=1S/C22H22N2O3/c1-2-23(16-18-8-4-3-5-9-18)21(25)17-27-22(26)19-10-12-20(13-11-19)24-14-6-7-15-24/h3-15H,2,16-17H2,1H3. The first kappa shape index (κ1) is 18.5. The van der Waals surface area contributed by atoms with E-state index in [0.717, 1.165) is 11.3 Å². The minimum atomic E-state index is -0.502. The fourth-order valence-corrected chi connectivity index (χ4v) is 2.76. The Balaban J connectivity index is 1.55. The number of amides is 1. The van der Waals surface area contributed by atoms with Crippen LogP contribution in [0.15, 0.2) is 79.1 Å². The van der Waals surface area contributed by atoms with Crippen LogP contribution in [-0.2, 0) is 16.1 Å². The second-order valence-electron chi connectivity index (χ2n) is 6.11. The smallest absolute Gasteiger partial charge is 0.338 e. The number of benzene rings is 2. The first-order valence-electron chi connectivity index (χ1n) is 8.89. The van der Waals surface area contributed by atoms with Gasteiger partial charge in [0.2, 0.25) is 0 Å². The molecule has 1 amide bonds. The van der Waals surface area contributed by atoms with Gasteiger partial charge in [0.15, 0.2) is 6.61 Å². The van der Waals surface area contributed by atoms with Crippen molar-refractivity contribution in [1.82, 2.24) is 9.47 Å². The van der Waals surface area contributed by atoms with Crippen molar-refractivity contribution in [2.75, 3.05) is 13.2 Å². The van der Waals surface area contributed by atoms with E-state index < -0.39 is 5.97 Å². The van der Waals surface area contributed by atoms with Gasteiger partial charge in [-0.05, 0) is 48.9 Å². The fraction of sp³-hybridized carbons (Fsp3) is 0.182. The number of carbonyl (C=O) groups excluding carboxylic acids is 2. The molecule has 0 spiro atoms. The highest BCUT2D eigenvalue weighted by atomic mass is 16.5. The summed E-state index contributed by atoms with van der Waals surface area (Å²) < 4.78 is 7.15. The van der Waals surface area contributed by atoms with Gasteiger partial charge >= 0.3 is 5.97 Å². The van der Waals surface area contributed by atoms with Crippen LogP contribution in [0, 0.1) is 0 Å². The molecular weight excluding hydrogens is 340 g/mol. The molecule has 0 radical (unpaired) electrons. The number of rotatable bonds is 7. The molecule has 27 heavy (non-hydrogen) atoms. The van der Waals surface area contributed by atoms with Crippen molar-refractivity contribution in [3.8, 4) is 5.69 Å². The summed E-state index contributed by atoms with van der Waals surface area (Å²) >= 11 is 0. The summed E-state index contributed by atoms with van der Waals surface area (Å²) in [4.78, 5) is 26.3. The Labute approximate surface area is 158 Å². The van der Waals surface area contributed by atoms with E-state index in [2.05, 4.69) is 0 Å². The SMILES string of the molecule is CCN(Cc1ccccc1)C(=O)COC(=O)c1ccc(-n2cccc2)cc1. The molecule has 0 N–H and O–H groups in total. The molecular formula is C22H22N2O3. The number of carbonyl (C=O) groups is 2. The highest BCUT2D eigenvalue weighted by Gasteiger charge is 2.15. The van der Waals surface area contributed by atoms with Crippen molar-refractivity contribution in [2.45, 2.75) is 13.5 Å². The van der Waals surface area contributed by atoms with E-state index in [0.29, 0.717) is 18.7 Å². The zero-order valence-electron chi connectivity index (χ0n) is 15.2. The third kappa shape index (κ3) is 4.85. The topological polar surface area (TPSA) is 51.5 Å². The Bertz CT molecular complexity index is 872. The van der Waals surface area contributed by atoms with Crippen LogP contribution < -0.4 is 0 Å². The van der Waals surface area contributed by atoms with Gasteiger partial charge in [-0.25, -0.2) is 4.79 Å². The average Bonchev–Trinajstić information content (AvgIpc) is 3.25. The number of hydrogen-bond donors (Lipinski definition) is 0. The Hall–Kier alpha value is -3.34. The summed E-state index contributed by atoms with van der Waals surface area (Å²) in [6.45, 7) is 2.69. The average molecular weight is 362 g/mol. The van der Waals surface area contributed by atoms with Gasteiger partial charge in [0.05, 0.1) is 5.56 Å². The lowest BCUT2D eigenvalue weighted by Crippen LogP contribution is -2.34. The second-order valence-corrected chi connectivity index (χ2v) is 6.11. The van der Waals surface area contributed by atoms with Gasteiger partial charge in [0, 0.05) is 31.2 Å².